The zero-order chi connectivity index (χ0) is 20.2. The minimum absolute atomic E-state index is 0. The minimum atomic E-state index is -0.691. The Kier molecular flexibility index (Phi) is 11.5. The van der Waals surface area contributed by atoms with Crippen LogP contribution in [0.3, 0.4) is 0 Å². The summed E-state index contributed by atoms with van der Waals surface area (Å²) >= 11 is 3.03. The first-order chi connectivity index (χ1) is 14.1. The smallest absolute Gasteiger partial charge is 0.252 e. The summed E-state index contributed by atoms with van der Waals surface area (Å²) in [6, 6.07) is 10.5. The van der Waals surface area contributed by atoms with Crippen LogP contribution in [0.2, 0.25) is 0 Å². The molecule has 0 bridgehead atoms. The van der Waals surface area contributed by atoms with Crippen molar-refractivity contribution in [2.45, 2.75) is 45.2 Å². The highest BCUT2D eigenvalue weighted by atomic mass is 32.2. The standard InChI is InChI=1S/C21H22N2O4S2.2CH4.H2S/c24-17-10-27-18-6-8-23(19(17)18)21(26)16(22-20(25)15-7-9-28-12-15)13-29-11-14-4-2-1-3-5-14;;;/h1-5,7,9,12,16,18-19H,6,8,10-11,13H2,(H,22,25);2*1H4;1H2/t16-,18+,19+;;;/m0.../s1. The summed E-state index contributed by atoms with van der Waals surface area (Å²) in [6.45, 7) is 0.544. The molecule has 6 nitrogen and oxygen atoms in total. The molecule has 2 aliphatic heterocycles. The van der Waals surface area contributed by atoms with Gasteiger partial charge in [-0.15, -0.1) is 0 Å². The maximum atomic E-state index is 13.3. The Balaban J connectivity index is 0.00000171. The number of fused-ring (bicyclic) bond motifs is 1. The van der Waals surface area contributed by atoms with E-state index in [0.717, 1.165) is 11.3 Å². The highest BCUT2D eigenvalue weighted by Crippen LogP contribution is 2.28. The zero-order valence-corrected chi connectivity index (χ0v) is 18.9. The van der Waals surface area contributed by atoms with Crippen molar-refractivity contribution in [3.8, 4) is 0 Å². The van der Waals surface area contributed by atoms with Gasteiger partial charge in [-0.05, 0) is 23.4 Å². The number of amides is 2. The molecule has 32 heavy (non-hydrogen) atoms. The van der Waals surface area contributed by atoms with Crippen LogP contribution in [0.5, 0.6) is 0 Å². The average molecular weight is 497 g/mol. The number of carbonyl (C=O) groups excluding carboxylic acids is 3. The van der Waals surface area contributed by atoms with Gasteiger partial charge in [-0.25, -0.2) is 0 Å². The SMILES string of the molecule is C.C.O=C(N[C@@H](CSCc1ccccc1)C(=O)N1CC[C@H]2OCC(=O)[C@H]21)c1ccsc1.S. The minimum Gasteiger partial charge on any atom is -0.368 e. The van der Waals surface area contributed by atoms with Crippen LogP contribution in [-0.2, 0) is 20.1 Å². The number of carbonyl (C=O) groups is 3. The van der Waals surface area contributed by atoms with Crippen molar-refractivity contribution in [1.82, 2.24) is 10.2 Å². The van der Waals surface area contributed by atoms with Crippen molar-refractivity contribution in [1.29, 1.82) is 0 Å². The first kappa shape index (κ1) is 28.2. The molecule has 1 aromatic heterocycles. The normalized spacial score (nSPS) is 19.8. The summed E-state index contributed by atoms with van der Waals surface area (Å²) in [5, 5.41) is 6.47. The summed E-state index contributed by atoms with van der Waals surface area (Å²) in [5.41, 5.74) is 1.70. The average Bonchev–Trinajstić information content (AvgIpc) is 3.47. The van der Waals surface area contributed by atoms with Gasteiger partial charge in [-0.1, -0.05) is 45.2 Å². The third-order valence-electron chi connectivity index (χ3n) is 5.18. The van der Waals surface area contributed by atoms with Crippen molar-refractivity contribution >= 4 is 54.2 Å². The molecule has 0 radical (unpaired) electrons. The molecule has 0 aliphatic carbocycles. The fraction of sp³-hybridized carbons (Fsp3) is 0.435. The van der Waals surface area contributed by atoms with Gasteiger partial charge >= 0.3 is 0 Å². The van der Waals surface area contributed by atoms with Gasteiger partial charge in [-0.3, -0.25) is 14.4 Å². The lowest BCUT2D eigenvalue weighted by molar-refractivity contribution is -0.137. The van der Waals surface area contributed by atoms with Gasteiger partial charge in [0.05, 0.1) is 11.7 Å². The lowest BCUT2D eigenvalue weighted by Gasteiger charge is -2.27. The molecule has 2 saturated heterocycles. The summed E-state index contributed by atoms with van der Waals surface area (Å²) in [7, 11) is 0. The van der Waals surface area contributed by atoms with E-state index in [2.05, 4.69) is 5.32 Å². The van der Waals surface area contributed by atoms with Crippen LogP contribution < -0.4 is 5.32 Å². The van der Waals surface area contributed by atoms with Crippen LogP contribution in [0.25, 0.3) is 0 Å². The number of thiophene rings is 1. The van der Waals surface area contributed by atoms with Crippen molar-refractivity contribution in [3.63, 3.8) is 0 Å². The fourth-order valence-corrected chi connectivity index (χ4v) is 5.36. The topological polar surface area (TPSA) is 75.7 Å². The zero-order valence-electron chi connectivity index (χ0n) is 16.3. The number of nitrogens with one attached hydrogen (secondary N) is 1. The molecule has 0 spiro atoms. The second-order valence-corrected chi connectivity index (χ2v) is 8.93. The molecule has 2 aromatic rings. The van der Waals surface area contributed by atoms with E-state index in [-0.39, 0.29) is 58.7 Å². The molecule has 9 heteroatoms. The van der Waals surface area contributed by atoms with E-state index in [1.807, 2.05) is 35.7 Å². The van der Waals surface area contributed by atoms with Gasteiger partial charge in [0.15, 0.2) is 5.78 Å². The van der Waals surface area contributed by atoms with Gasteiger partial charge in [-0.2, -0.15) is 36.6 Å². The molecule has 2 aliphatic rings. The summed E-state index contributed by atoms with van der Waals surface area (Å²) in [5.74, 6) is 0.649. The number of ketones is 1. The van der Waals surface area contributed by atoms with Crippen LogP contribution >= 0.6 is 36.6 Å². The molecular formula is C23H32N2O4S3. The molecule has 1 N–H and O–H groups in total. The molecule has 4 rings (SSSR count). The second kappa shape index (κ2) is 13.0. The van der Waals surface area contributed by atoms with E-state index >= 15 is 0 Å². The third kappa shape index (κ3) is 6.37. The lowest BCUT2D eigenvalue weighted by atomic mass is 10.1. The van der Waals surface area contributed by atoms with Gasteiger partial charge < -0.3 is 15.0 Å². The Bertz CT molecular complexity index is 877. The molecule has 2 amide bonds. The Hall–Kier alpha value is -1.81. The van der Waals surface area contributed by atoms with E-state index in [9.17, 15) is 14.4 Å². The highest BCUT2D eigenvalue weighted by molar-refractivity contribution is 7.98. The summed E-state index contributed by atoms with van der Waals surface area (Å²) in [6.07, 6.45) is 0.446. The first-order valence-corrected chi connectivity index (χ1v) is 11.6. The van der Waals surface area contributed by atoms with Crippen LogP contribution in [0.4, 0.5) is 0 Å². The van der Waals surface area contributed by atoms with Gasteiger partial charge in [0.2, 0.25) is 5.91 Å². The van der Waals surface area contributed by atoms with E-state index < -0.39 is 12.1 Å². The van der Waals surface area contributed by atoms with E-state index in [1.165, 1.54) is 11.3 Å². The van der Waals surface area contributed by atoms with E-state index in [1.54, 1.807) is 28.1 Å². The number of nitrogens with zero attached hydrogens (tertiary/aromatic N) is 1. The number of Topliss-reactive ketones (excluding diaryl/α,β-unsaturated/α-hetero) is 1. The van der Waals surface area contributed by atoms with Gasteiger partial charge in [0, 0.05) is 23.4 Å². The fourth-order valence-electron chi connectivity index (χ4n) is 3.72. The highest BCUT2D eigenvalue weighted by Gasteiger charge is 2.48. The van der Waals surface area contributed by atoms with Crippen LogP contribution in [0.15, 0.2) is 47.2 Å². The maximum Gasteiger partial charge on any atom is 0.252 e. The summed E-state index contributed by atoms with van der Waals surface area (Å²) < 4.78 is 5.49. The van der Waals surface area contributed by atoms with Gasteiger partial charge in [0.1, 0.15) is 18.7 Å². The van der Waals surface area contributed by atoms with Gasteiger partial charge in [0.25, 0.3) is 5.91 Å². The monoisotopic (exact) mass is 496 g/mol. The number of rotatable bonds is 7. The van der Waals surface area contributed by atoms with Crippen molar-refractivity contribution in [2.24, 2.45) is 0 Å². The Morgan fingerprint density at radius 3 is 2.66 bits per heavy atom. The number of hydrogen-bond acceptors (Lipinski definition) is 6. The third-order valence-corrected chi connectivity index (χ3v) is 6.97. The number of thioether (sulfide) groups is 1. The molecule has 1 aromatic carbocycles. The Morgan fingerprint density at radius 2 is 1.97 bits per heavy atom. The van der Waals surface area contributed by atoms with E-state index in [0.29, 0.717) is 24.3 Å². The Morgan fingerprint density at radius 1 is 1.22 bits per heavy atom. The van der Waals surface area contributed by atoms with Crippen molar-refractivity contribution < 1.29 is 19.1 Å². The number of benzene rings is 1. The van der Waals surface area contributed by atoms with Crippen molar-refractivity contribution in [3.05, 3.63) is 58.3 Å². The van der Waals surface area contributed by atoms with Crippen LogP contribution in [0.1, 0.15) is 37.2 Å². The quantitative estimate of drug-likeness (QED) is 0.632. The molecular weight excluding hydrogens is 464 g/mol. The van der Waals surface area contributed by atoms with Crippen LogP contribution in [-0.4, -0.2) is 59.6 Å². The summed E-state index contributed by atoms with van der Waals surface area (Å²) in [4.78, 5) is 39.6. The number of likely N-dealkylation sites (tertiary alicyclic amines) is 1. The van der Waals surface area contributed by atoms with Crippen LogP contribution in [0, 0.1) is 0 Å². The Labute approximate surface area is 205 Å². The molecule has 0 unspecified atom stereocenters. The number of hydrogen-bond donors (Lipinski definition) is 1. The predicted octanol–water partition coefficient (Wildman–Crippen LogP) is 3.73. The number of ether oxygens (including phenoxy) is 1. The molecule has 0 saturated carbocycles. The maximum absolute atomic E-state index is 13.3. The molecule has 3 heterocycles. The predicted molar refractivity (Wildman–Crippen MR) is 137 cm³/mol. The molecule has 3 atom stereocenters. The van der Waals surface area contributed by atoms with E-state index in [4.69, 9.17) is 4.74 Å². The molecule has 2 fully saturated rings. The van der Waals surface area contributed by atoms with Crippen molar-refractivity contribution in [2.75, 3.05) is 18.9 Å². The second-order valence-electron chi connectivity index (χ2n) is 7.12. The lowest BCUT2D eigenvalue weighted by Crippen LogP contribution is -2.53. The largest absolute Gasteiger partial charge is 0.368 e. The molecule has 176 valence electrons. The first-order valence-electron chi connectivity index (χ1n) is 9.53.